The molecule has 0 atom stereocenters. The second-order valence-corrected chi connectivity index (χ2v) is 5.47. The van der Waals surface area contributed by atoms with E-state index in [1.807, 2.05) is 12.1 Å². The van der Waals surface area contributed by atoms with E-state index in [2.05, 4.69) is 14.9 Å². The highest BCUT2D eigenvalue weighted by atomic mass is 35.5. The summed E-state index contributed by atoms with van der Waals surface area (Å²) in [5, 5.41) is 4.12. The molecule has 0 aliphatic carbocycles. The lowest BCUT2D eigenvalue weighted by atomic mass is 10.2. The Bertz CT molecular complexity index is 911. The van der Waals surface area contributed by atoms with Crippen molar-refractivity contribution in [2.24, 2.45) is 0 Å². The van der Waals surface area contributed by atoms with Crippen LogP contribution in [-0.2, 0) is 0 Å². The van der Waals surface area contributed by atoms with E-state index in [9.17, 15) is 8.78 Å². The summed E-state index contributed by atoms with van der Waals surface area (Å²) in [6.07, 6.45) is 1.58. The minimum atomic E-state index is -2.87. The van der Waals surface area contributed by atoms with E-state index >= 15 is 0 Å². The molecule has 0 saturated carbocycles. The van der Waals surface area contributed by atoms with Gasteiger partial charge in [0.15, 0.2) is 0 Å². The number of para-hydroxylation sites is 1. The average Bonchev–Trinajstić information content (AvgIpc) is 3.13. The number of hydrogen-bond donors (Lipinski definition) is 0. The number of rotatable bonds is 6. The van der Waals surface area contributed by atoms with Gasteiger partial charge in [0.25, 0.3) is 5.89 Å². The Kier molecular flexibility index (Phi) is 5.48. The van der Waals surface area contributed by atoms with E-state index in [0.29, 0.717) is 22.7 Å². The van der Waals surface area contributed by atoms with Gasteiger partial charge in [0.2, 0.25) is 5.82 Å². The first kappa shape index (κ1) is 17.9. The highest BCUT2D eigenvalue weighted by Gasteiger charge is 2.14. The van der Waals surface area contributed by atoms with Crippen LogP contribution in [0.25, 0.3) is 22.5 Å². The maximum atomic E-state index is 12.2. The molecular weight excluding hydrogens is 366 g/mol. The van der Waals surface area contributed by atoms with Gasteiger partial charge in [-0.05, 0) is 35.9 Å². The second kappa shape index (κ2) is 7.97. The Morgan fingerprint density at radius 3 is 2.58 bits per heavy atom. The van der Waals surface area contributed by atoms with Crippen LogP contribution in [-0.4, -0.2) is 23.9 Å². The molecule has 0 saturated heterocycles. The van der Waals surface area contributed by atoms with Crippen molar-refractivity contribution in [2.75, 3.05) is 7.11 Å². The van der Waals surface area contributed by atoms with Gasteiger partial charge in [0, 0.05) is 0 Å². The van der Waals surface area contributed by atoms with E-state index in [1.165, 1.54) is 12.1 Å². The Morgan fingerprint density at radius 2 is 1.88 bits per heavy atom. The molecule has 0 aliphatic heterocycles. The number of hydrogen-bond acceptors (Lipinski definition) is 5. The van der Waals surface area contributed by atoms with E-state index in [0.717, 1.165) is 0 Å². The molecule has 26 heavy (non-hydrogen) atoms. The predicted octanol–water partition coefficient (Wildman–Crippen LogP) is 5.08. The molecule has 3 aromatic rings. The Morgan fingerprint density at radius 1 is 1.15 bits per heavy atom. The van der Waals surface area contributed by atoms with Gasteiger partial charge >= 0.3 is 6.61 Å². The van der Waals surface area contributed by atoms with Crippen LogP contribution in [0.5, 0.6) is 11.5 Å². The van der Waals surface area contributed by atoms with Gasteiger partial charge in [0.1, 0.15) is 16.5 Å². The van der Waals surface area contributed by atoms with Crippen molar-refractivity contribution < 1.29 is 22.8 Å². The summed E-state index contributed by atoms with van der Waals surface area (Å²) in [6, 6.07) is 13.2. The van der Waals surface area contributed by atoms with Crippen LogP contribution >= 0.6 is 11.6 Å². The zero-order chi connectivity index (χ0) is 18.5. The van der Waals surface area contributed by atoms with Crippen LogP contribution < -0.4 is 9.47 Å². The van der Waals surface area contributed by atoms with Gasteiger partial charge in [0.05, 0.1) is 12.7 Å². The molecule has 0 bridgehead atoms. The van der Waals surface area contributed by atoms with Gasteiger partial charge < -0.3 is 14.0 Å². The van der Waals surface area contributed by atoms with Gasteiger partial charge in [-0.2, -0.15) is 13.8 Å². The monoisotopic (exact) mass is 378 g/mol. The van der Waals surface area contributed by atoms with Crippen molar-refractivity contribution in [1.29, 1.82) is 0 Å². The molecule has 0 aliphatic rings. The van der Waals surface area contributed by atoms with Crippen LogP contribution in [0.3, 0.4) is 0 Å². The van der Waals surface area contributed by atoms with Crippen LogP contribution in [0.1, 0.15) is 11.5 Å². The van der Waals surface area contributed by atoms with Crippen LogP contribution in [0.2, 0.25) is 0 Å². The molecule has 0 N–H and O–H groups in total. The number of alkyl halides is 2. The van der Waals surface area contributed by atoms with Crippen molar-refractivity contribution in [3.63, 3.8) is 0 Å². The third-order valence-electron chi connectivity index (χ3n) is 3.38. The molecule has 5 nitrogen and oxygen atoms in total. The number of methoxy groups -OCH3 is 1. The van der Waals surface area contributed by atoms with E-state index < -0.39 is 6.61 Å². The van der Waals surface area contributed by atoms with E-state index in [1.54, 1.807) is 37.5 Å². The van der Waals surface area contributed by atoms with Crippen molar-refractivity contribution in [1.82, 2.24) is 10.1 Å². The average molecular weight is 379 g/mol. The molecular formula is C18H13ClF2N2O3. The van der Waals surface area contributed by atoms with Gasteiger partial charge in [-0.15, -0.1) is 0 Å². The highest BCUT2D eigenvalue weighted by Crippen LogP contribution is 2.29. The first-order valence-electron chi connectivity index (χ1n) is 7.46. The molecule has 3 rings (SSSR count). The van der Waals surface area contributed by atoms with Gasteiger partial charge in [-0.25, -0.2) is 0 Å². The topological polar surface area (TPSA) is 57.4 Å². The fourth-order valence-corrected chi connectivity index (χ4v) is 2.42. The molecule has 0 spiro atoms. The molecule has 0 radical (unpaired) electrons. The predicted molar refractivity (Wildman–Crippen MR) is 93.1 cm³/mol. The molecule has 1 heterocycles. The lowest BCUT2D eigenvalue weighted by Crippen LogP contribution is -2.01. The van der Waals surface area contributed by atoms with Crippen molar-refractivity contribution >= 4 is 22.7 Å². The summed E-state index contributed by atoms with van der Waals surface area (Å²) in [7, 11) is 1.55. The summed E-state index contributed by atoms with van der Waals surface area (Å²) in [5.74, 6) is 1.13. The Labute approximate surface area is 152 Å². The molecule has 2 aromatic carbocycles. The Balaban J connectivity index is 1.81. The number of nitrogens with zero attached hydrogens (tertiary/aromatic N) is 2. The third-order valence-corrected chi connectivity index (χ3v) is 3.65. The fraction of sp³-hybridized carbons (Fsp3) is 0.111. The summed E-state index contributed by atoms with van der Waals surface area (Å²) in [6.45, 7) is -2.87. The summed E-state index contributed by atoms with van der Waals surface area (Å²) >= 11 is 6.22. The summed E-state index contributed by atoms with van der Waals surface area (Å²) in [4.78, 5) is 4.26. The zero-order valence-corrected chi connectivity index (χ0v) is 14.3. The van der Waals surface area contributed by atoms with Crippen LogP contribution in [0, 0.1) is 0 Å². The highest BCUT2D eigenvalue weighted by molar-refractivity contribution is 6.50. The molecule has 0 amide bonds. The molecule has 1 aromatic heterocycles. The van der Waals surface area contributed by atoms with E-state index in [-0.39, 0.29) is 16.7 Å². The van der Waals surface area contributed by atoms with Gasteiger partial charge in [-0.1, -0.05) is 41.0 Å². The van der Waals surface area contributed by atoms with Crippen LogP contribution in [0.4, 0.5) is 8.78 Å². The van der Waals surface area contributed by atoms with Crippen molar-refractivity contribution in [3.8, 4) is 22.9 Å². The smallest absolute Gasteiger partial charge is 0.387 e. The number of ether oxygens (including phenoxy) is 2. The van der Waals surface area contributed by atoms with Crippen molar-refractivity contribution in [2.45, 2.75) is 6.61 Å². The molecule has 8 heteroatoms. The lowest BCUT2D eigenvalue weighted by Gasteiger charge is -2.04. The number of aromatic nitrogens is 2. The van der Waals surface area contributed by atoms with Crippen molar-refractivity contribution in [3.05, 3.63) is 60.0 Å². The largest absolute Gasteiger partial charge is 0.496 e. The summed E-state index contributed by atoms with van der Waals surface area (Å²) < 4.78 is 39.1. The van der Waals surface area contributed by atoms with E-state index in [4.69, 9.17) is 20.9 Å². The number of benzene rings is 2. The Hall–Kier alpha value is -2.93. The quantitative estimate of drug-likeness (QED) is 0.598. The normalized spacial score (nSPS) is 11.7. The SMILES string of the molecule is COc1ccccc1-c1noc(/C(Cl)=C/c2ccc(OC(F)F)cc2)n1. The summed E-state index contributed by atoms with van der Waals surface area (Å²) in [5.41, 5.74) is 1.33. The standard InChI is InChI=1S/C18H13ClF2N2O3/c1-24-15-5-3-2-4-13(15)16-22-17(26-23-16)14(19)10-11-6-8-12(9-7-11)25-18(20)21/h2-10,18H,1H3/b14-10-. The van der Waals surface area contributed by atoms with Crippen LogP contribution in [0.15, 0.2) is 53.1 Å². The fourth-order valence-electron chi connectivity index (χ4n) is 2.21. The minimum Gasteiger partial charge on any atom is -0.496 e. The molecule has 134 valence electrons. The lowest BCUT2D eigenvalue weighted by molar-refractivity contribution is -0.0498. The third kappa shape index (κ3) is 4.18. The number of halogens is 3. The molecule has 0 unspecified atom stereocenters. The first-order valence-corrected chi connectivity index (χ1v) is 7.84. The minimum absolute atomic E-state index is 0.0597. The maximum absolute atomic E-state index is 12.2. The first-order chi connectivity index (χ1) is 12.6. The van der Waals surface area contributed by atoms with Gasteiger partial charge in [-0.3, -0.25) is 0 Å². The second-order valence-electron chi connectivity index (χ2n) is 5.06. The molecule has 0 fully saturated rings. The maximum Gasteiger partial charge on any atom is 0.387 e. The zero-order valence-electron chi connectivity index (χ0n) is 13.5.